The van der Waals surface area contributed by atoms with Crippen LogP contribution >= 0.6 is 12.4 Å². The van der Waals surface area contributed by atoms with E-state index in [1.165, 1.54) is 19.3 Å². The van der Waals surface area contributed by atoms with Gasteiger partial charge < -0.3 is 20.1 Å². The quantitative estimate of drug-likeness (QED) is 0.705. The second-order valence-electron chi connectivity index (χ2n) is 8.20. The molecule has 0 spiro atoms. The van der Waals surface area contributed by atoms with Crippen LogP contribution in [0, 0.1) is 5.41 Å². The molecular weight excluding hydrogens is 376 g/mol. The van der Waals surface area contributed by atoms with E-state index >= 15 is 0 Å². The van der Waals surface area contributed by atoms with Crippen molar-refractivity contribution >= 4 is 18.3 Å². The first-order chi connectivity index (χ1) is 13.1. The van der Waals surface area contributed by atoms with Crippen molar-refractivity contribution in [2.24, 2.45) is 11.1 Å². The molecule has 1 heterocycles. The average Bonchev–Trinajstić information content (AvgIpc) is 3.21. The zero-order chi connectivity index (χ0) is 19.1. The lowest BCUT2D eigenvalue weighted by Crippen LogP contribution is -2.42. The van der Waals surface area contributed by atoms with Crippen molar-refractivity contribution in [1.29, 1.82) is 0 Å². The molecule has 1 saturated heterocycles. The third-order valence-corrected chi connectivity index (χ3v) is 6.18. The number of ether oxygens (including phenoxy) is 2. The normalized spacial score (nSPS) is 21.0. The van der Waals surface area contributed by atoms with Gasteiger partial charge in [0.1, 0.15) is 5.75 Å². The van der Waals surface area contributed by atoms with Crippen LogP contribution < -0.4 is 10.5 Å². The van der Waals surface area contributed by atoms with E-state index in [-0.39, 0.29) is 29.8 Å². The Labute approximate surface area is 175 Å². The minimum atomic E-state index is -0.0154. The Morgan fingerprint density at radius 3 is 2.71 bits per heavy atom. The van der Waals surface area contributed by atoms with Crippen molar-refractivity contribution in [2.75, 3.05) is 26.8 Å². The third kappa shape index (κ3) is 6.10. The van der Waals surface area contributed by atoms with Gasteiger partial charge in [0.2, 0.25) is 5.91 Å². The van der Waals surface area contributed by atoms with Gasteiger partial charge in [-0.05, 0) is 55.3 Å². The Bertz CT molecular complexity index is 614. The molecule has 1 aliphatic heterocycles. The first kappa shape index (κ1) is 23.0. The summed E-state index contributed by atoms with van der Waals surface area (Å²) < 4.78 is 11.2. The molecule has 158 valence electrons. The number of rotatable bonds is 8. The van der Waals surface area contributed by atoms with Crippen LogP contribution in [0.3, 0.4) is 0 Å². The van der Waals surface area contributed by atoms with Gasteiger partial charge in [-0.1, -0.05) is 31.4 Å². The van der Waals surface area contributed by atoms with E-state index in [0.29, 0.717) is 26.1 Å². The Balaban J connectivity index is 0.00000280. The number of benzene rings is 1. The smallest absolute Gasteiger partial charge is 0.223 e. The number of nitrogens with zero attached hydrogens (tertiary/aromatic N) is 1. The lowest BCUT2D eigenvalue weighted by Gasteiger charge is -2.37. The number of carbonyl (C=O) groups is 1. The number of hydrogen-bond donors (Lipinski definition) is 1. The van der Waals surface area contributed by atoms with Crippen LogP contribution in [0.5, 0.6) is 5.75 Å². The van der Waals surface area contributed by atoms with E-state index in [0.717, 1.165) is 43.6 Å². The van der Waals surface area contributed by atoms with Crippen molar-refractivity contribution in [3.8, 4) is 5.75 Å². The molecule has 3 rings (SSSR count). The molecule has 1 aromatic carbocycles. The highest BCUT2D eigenvalue weighted by Gasteiger charge is 2.35. The SMILES string of the molecule is COc1cccc(CN(CC2CCCO2)C(=O)CC2(CN)CCCCC2)c1.Cl. The van der Waals surface area contributed by atoms with Crippen LogP contribution in [-0.2, 0) is 16.1 Å². The van der Waals surface area contributed by atoms with Gasteiger partial charge in [0, 0.05) is 26.1 Å². The Morgan fingerprint density at radius 2 is 2.07 bits per heavy atom. The predicted molar refractivity (Wildman–Crippen MR) is 114 cm³/mol. The lowest BCUT2D eigenvalue weighted by atomic mass is 9.71. The molecule has 1 atom stereocenters. The molecule has 1 amide bonds. The zero-order valence-electron chi connectivity index (χ0n) is 17.0. The van der Waals surface area contributed by atoms with Crippen molar-refractivity contribution in [1.82, 2.24) is 4.90 Å². The Morgan fingerprint density at radius 1 is 1.29 bits per heavy atom. The molecule has 1 aliphatic carbocycles. The van der Waals surface area contributed by atoms with Crippen molar-refractivity contribution in [3.63, 3.8) is 0 Å². The van der Waals surface area contributed by atoms with Crippen LogP contribution in [0.1, 0.15) is 56.9 Å². The minimum absolute atomic E-state index is 0. The van der Waals surface area contributed by atoms with E-state index in [2.05, 4.69) is 6.07 Å². The number of nitrogens with two attached hydrogens (primary N) is 1. The summed E-state index contributed by atoms with van der Waals surface area (Å²) in [5, 5.41) is 0. The first-order valence-corrected chi connectivity index (χ1v) is 10.4. The summed E-state index contributed by atoms with van der Waals surface area (Å²) in [6.07, 6.45) is 8.60. The van der Waals surface area contributed by atoms with Gasteiger partial charge in [-0.3, -0.25) is 4.79 Å². The molecule has 1 unspecified atom stereocenters. The van der Waals surface area contributed by atoms with Crippen LogP contribution in [0.4, 0.5) is 0 Å². The van der Waals surface area contributed by atoms with Gasteiger partial charge in [-0.25, -0.2) is 0 Å². The molecule has 0 radical (unpaired) electrons. The van der Waals surface area contributed by atoms with E-state index in [1.54, 1.807) is 7.11 Å². The number of amides is 1. The third-order valence-electron chi connectivity index (χ3n) is 6.18. The van der Waals surface area contributed by atoms with Crippen molar-refractivity contribution in [2.45, 2.75) is 64.0 Å². The Hall–Kier alpha value is -1.30. The van der Waals surface area contributed by atoms with Crippen molar-refractivity contribution in [3.05, 3.63) is 29.8 Å². The second-order valence-corrected chi connectivity index (χ2v) is 8.20. The molecular formula is C22H35ClN2O3. The minimum Gasteiger partial charge on any atom is -0.497 e. The summed E-state index contributed by atoms with van der Waals surface area (Å²) in [4.78, 5) is 15.3. The molecule has 28 heavy (non-hydrogen) atoms. The van der Waals surface area contributed by atoms with Crippen LogP contribution in [0.25, 0.3) is 0 Å². The molecule has 2 fully saturated rings. The summed E-state index contributed by atoms with van der Waals surface area (Å²) in [6, 6.07) is 7.97. The van der Waals surface area contributed by atoms with Crippen LogP contribution in [-0.4, -0.2) is 43.7 Å². The molecule has 5 nitrogen and oxygen atoms in total. The molecule has 0 bridgehead atoms. The van der Waals surface area contributed by atoms with Gasteiger partial charge in [-0.15, -0.1) is 12.4 Å². The standard InChI is InChI=1S/C22H34N2O3.ClH/c1-26-19-8-5-7-18(13-19)15-24(16-20-9-6-12-27-20)21(25)14-22(17-23)10-3-2-4-11-22;/h5,7-8,13,20H,2-4,6,9-12,14-17,23H2,1H3;1H. The molecule has 6 heteroatoms. The fourth-order valence-electron chi connectivity index (χ4n) is 4.47. The first-order valence-electron chi connectivity index (χ1n) is 10.4. The maximum atomic E-state index is 13.3. The second kappa shape index (κ2) is 11.0. The largest absolute Gasteiger partial charge is 0.497 e. The molecule has 2 N–H and O–H groups in total. The summed E-state index contributed by atoms with van der Waals surface area (Å²) in [5.41, 5.74) is 7.20. The highest BCUT2D eigenvalue weighted by atomic mass is 35.5. The fourth-order valence-corrected chi connectivity index (χ4v) is 4.47. The van der Waals surface area contributed by atoms with Gasteiger partial charge in [0.25, 0.3) is 0 Å². The van der Waals surface area contributed by atoms with E-state index in [4.69, 9.17) is 15.2 Å². The topological polar surface area (TPSA) is 64.8 Å². The number of methoxy groups -OCH3 is 1. The number of carbonyl (C=O) groups excluding carboxylic acids is 1. The van der Waals surface area contributed by atoms with Gasteiger partial charge >= 0.3 is 0 Å². The molecule has 1 saturated carbocycles. The maximum Gasteiger partial charge on any atom is 0.223 e. The summed E-state index contributed by atoms with van der Waals surface area (Å²) in [6.45, 7) is 2.66. The van der Waals surface area contributed by atoms with E-state index in [9.17, 15) is 4.79 Å². The van der Waals surface area contributed by atoms with E-state index < -0.39 is 0 Å². The fraction of sp³-hybridized carbons (Fsp3) is 0.682. The van der Waals surface area contributed by atoms with Gasteiger partial charge in [-0.2, -0.15) is 0 Å². The van der Waals surface area contributed by atoms with Crippen LogP contribution in [0.15, 0.2) is 24.3 Å². The van der Waals surface area contributed by atoms with Gasteiger partial charge in [0.05, 0.1) is 13.2 Å². The molecule has 1 aromatic rings. The summed E-state index contributed by atoms with van der Waals surface area (Å²) in [7, 11) is 1.67. The molecule has 0 aromatic heterocycles. The Kier molecular flexibility index (Phi) is 9.06. The summed E-state index contributed by atoms with van der Waals surface area (Å²) in [5.74, 6) is 1.03. The lowest BCUT2D eigenvalue weighted by molar-refractivity contribution is -0.136. The maximum absolute atomic E-state index is 13.3. The number of halogens is 1. The highest BCUT2D eigenvalue weighted by molar-refractivity contribution is 5.85. The van der Waals surface area contributed by atoms with Crippen molar-refractivity contribution < 1.29 is 14.3 Å². The number of hydrogen-bond acceptors (Lipinski definition) is 4. The zero-order valence-corrected chi connectivity index (χ0v) is 17.8. The molecule has 2 aliphatic rings. The van der Waals surface area contributed by atoms with Crippen LogP contribution in [0.2, 0.25) is 0 Å². The van der Waals surface area contributed by atoms with E-state index in [1.807, 2.05) is 23.1 Å². The average molecular weight is 411 g/mol. The highest BCUT2D eigenvalue weighted by Crippen LogP contribution is 2.39. The predicted octanol–water partition coefficient (Wildman–Crippen LogP) is 3.92. The summed E-state index contributed by atoms with van der Waals surface area (Å²) >= 11 is 0. The monoisotopic (exact) mass is 410 g/mol. The van der Waals surface area contributed by atoms with Gasteiger partial charge in [0.15, 0.2) is 0 Å².